The third-order valence-corrected chi connectivity index (χ3v) is 3.98. The van der Waals surface area contributed by atoms with E-state index in [1.165, 1.54) is 0 Å². The van der Waals surface area contributed by atoms with Gasteiger partial charge in [0.05, 0.1) is 6.54 Å². The van der Waals surface area contributed by atoms with Crippen LogP contribution in [0.2, 0.25) is 0 Å². The first-order valence-corrected chi connectivity index (χ1v) is 7.75. The predicted molar refractivity (Wildman–Crippen MR) is 83.5 cm³/mol. The molecule has 0 saturated carbocycles. The van der Waals surface area contributed by atoms with Crippen LogP contribution in [0.1, 0.15) is 22.3 Å². The van der Waals surface area contributed by atoms with Gasteiger partial charge in [-0.1, -0.05) is 15.9 Å². The van der Waals surface area contributed by atoms with Crippen LogP contribution in [0.4, 0.5) is 0 Å². The zero-order valence-corrected chi connectivity index (χ0v) is 13.6. The van der Waals surface area contributed by atoms with Crippen molar-refractivity contribution in [2.24, 2.45) is 0 Å². The molecule has 1 aromatic rings. The zero-order chi connectivity index (χ0) is 15.4. The molecular weight excluding hydrogens is 336 g/mol. The lowest BCUT2D eigenvalue weighted by Gasteiger charge is -2.21. The van der Waals surface area contributed by atoms with E-state index in [-0.39, 0.29) is 12.5 Å². The fourth-order valence-electron chi connectivity index (χ4n) is 2.57. The van der Waals surface area contributed by atoms with E-state index in [0.717, 1.165) is 16.5 Å². The summed E-state index contributed by atoms with van der Waals surface area (Å²) in [4.78, 5) is 27.0. The number of carbonyl (C=O) groups is 2. The van der Waals surface area contributed by atoms with Gasteiger partial charge in [-0.3, -0.25) is 14.5 Å². The highest BCUT2D eigenvalue weighted by Crippen LogP contribution is 2.17. The lowest BCUT2D eigenvalue weighted by molar-refractivity contribution is -0.138. The van der Waals surface area contributed by atoms with Gasteiger partial charge >= 0.3 is 5.97 Å². The van der Waals surface area contributed by atoms with Crippen LogP contribution < -0.4 is 0 Å². The number of halogens is 1. The minimum atomic E-state index is -0.822. The van der Waals surface area contributed by atoms with Crippen molar-refractivity contribution < 1.29 is 14.7 Å². The quantitative estimate of drug-likeness (QED) is 0.901. The van der Waals surface area contributed by atoms with E-state index in [4.69, 9.17) is 5.11 Å². The van der Waals surface area contributed by atoms with Gasteiger partial charge < -0.3 is 10.0 Å². The fraction of sp³-hybridized carbons (Fsp3) is 0.467. The Bertz CT molecular complexity index is 527. The van der Waals surface area contributed by atoms with Crippen molar-refractivity contribution in [2.75, 3.05) is 32.7 Å². The number of aryl methyl sites for hydroxylation is 1. The molecular formula is C15H19BrN2O3. The van der Waals surface area contributed by atoms with Crippen LogP contribution in [0, 0.1) is 6.92 Å². The number of nitrogens with zero attached hydrogens (tertiary/aromatic N) is 2. The van der Waals surface area contributed by atoms with Crippen LogP contribution in [0.25, 0.3) is 0 Å². The molecule has 0 unspecified atom stereocenters. The fourth-order valence-corrected chi connectivity index (χ4v) is 3.17. The highest BCUT2D eigenvalue weighted by atomic mass is 79.9. The van der Waals surface area contributed by atoms with Gasteiger partial charge in [-0.2, -0.15) is 0 Å². The average Bonchev–Trinajstić information content (AvgIpc) is 2.61. The first-order valence-electron chi connectivity index (χ1n) is 6.96. The molecule has 1 saturated heterocycles. The SMILES string of the molecule is Cc1cc(Br)cc(C(=O)N2CCCN(CC(=O)O)CC2)c1. The van der Waals surface area contributed by atoms with Gasteiger partial charge in [0.2, 0.25) is 0 Å². The number of carbonyl (C=O) groups excluding carboxylic acids is 1. The second-order valence-corrected chi connectivity index (χ2v) is 6.25. The van der Waals surface area contributed by atoms with Crippen molar-refractivity contribution in [2.45, 2.75) is 13.3 Å². The Morgan fingerprint density at radius 1 is 1.19 bits per heavy atom. The molecule has 1 aromatic carbocycles. The van der Waals surface area contributed by atoms with Gasteiger partial charge in [0, 0.05) is 36.2 Å². The minimum Gasteiger partial charge on any atom is -0.480 e. The standard InChI is InChI=1S/C15H19BrN2O3/c1-11-7-12(9-13(16)8-11)15(21)18-4-2-3-17(5-6-18)10-14(19)20/h7-9H,2-6,10H2,1H3,(H,19,20). The molecule has 0 aromatic heterocycles. The summed E-state index contributed by atoms with van der Waals surface area (Å²) in [6.07, 6.45) is 0.798. The summed E-state index contributed by atoms with van der Waals surface area (Å²) in [7, 11) is 0. The molecule has 0 spiro atoms. The monoisotopic (exact) mass is 354 g/mol. The summed E-state index contributed by atoms with van der Waals surface area (Å²) < 4.78 is 0.896. The maximum Gasteiger partial charge on any atom is 0.317 e. The van der Waals surface area contributed by atoms with E-state index in [9.17, 15) is 9.59 Å². The molecule has 1 amide bonds. The number of aliphatic carboxylic acids is 1. The molecule has 0 aliphatic carbocycles. The van der Waals surface area contributed by atoms with Gasteiger partial charge in [-0.25, -0.2) is 0 Å². The summed E-state index contributed by atoms with van der Waals surface area (Å²) in [5.41, 5.74) is 1.71. The van der Waals surface area contributed by atoms with Crippen molar-refractivity contribution in [1.29, 1.82) is 0 Å². The summed E-state index contributed by atoms with van der Waals surface area (Å²) >= 11 is 3.41. The number of amides is 1. The van der Waals surface area contributed by atoms with Gasteiger partial charge in [0.1, 0.15) is 0 Å². The molecule has 6 heteroatoms. The number of rotatable bonds is 3. The summed E-state index contributed by atoms with van der Waals surface area (Å²) in [6, 6.07) is 5.68. The second-order valence-electron chi connectivity index (χ2n) is 5.33. The predicted octanol–water partition coefficient (Wildman–Crippen LogP) is 1.99. The van der Waals surface area contributed by atoms with Crippen LogP contribution in [-0.2, 0) is 4.79 Å². The molecule has 0 radical (unpaired) electrons. The Labute approximate surface area is 132 Å². The molecule has 1 fully saturated rings. The lowest BCUT2D eigenvalue weighted by atomic mass is 10.1. The normalized spacial score (nSPS) is 16.6. The van der Waals surface area contributed by atoms with Crippen molar-refractivity contribution in [3.63, 3.8) is 0 Å². The Morgan fingerprint density at radius 2 is 1.95 bits per heavy atom. The largest absolute Gasteiger partial charge is 0.480 e. The lowest BCUT2D eigenvalue weighted by Crippen LogP contribution is -2.36. The van der Waals surface area contributed by atoms with Crippen molar-refractivity contribution in [1.82, 2.24) is 9.80 Å². The summed E-state index contributed by atoms with van der Waals surface area (Å²) in [5.74, 6) is -0.811. The smallest absolute Gasteiger partial charge is 0.317 e. The Kier molecular flexibility index (Phi) is 5.36. The van der Waals surface area contributed by atoms with Crippen molar-refractivity contribution >= 4 is 27.8 Å². The average molecular weight is 355 g/mol. The first kappa shape index (κ1) is 16.0. The minimum absolute atomic E-state index is 0.0107. The van der Waals surface area contributed by atoms with Crippen LogP contribution in [0.3, 0.4) is 0 Å². The molecule has 1 heterocycles. The molecule has 1 aliphatic heterocycles. The Balaban J connectivity index is 2.04. The van der Waals surface area contributed by atoms with Crippen molar-refractivity contribution in [3.8, 4) is 0 Å². The molecule has 1 N–H and O–H groups in total. The molecule has 114 valence electrons. The number of benzene rings is 1. The summed E-state index contributed by atoms with van der Waals surface area (Å²) in [5, 5.41) is 8.84. The Morgan fingerprint density at radius 3 is 2.62 bits per heavy atom. The van der Waals surface area contributed by atoms with E-state index >= 15 is 0 Å². The van der Waals surface area contributed by atoms with Crippen LogP contribution in [0.15, 0.2) is 22.7 Å². The number of hydrogen-bond acceptors (Lipinski definition) is 3. The molecule has 21 heavy (non-hydrogen) atoms. The molecule has 5 nitrogen and oxygen atoms in total. The summed E-state index contributed by atoms with van der Waals surface area (Å²) in [6.45, 7) is 4.55. The highest BCUT2D eigenvalue weighted by Gasteiger charge is 2.21. The first-order chi connectivity index (χ1) is 9.95. The van der Waals surface area contributed by atoms with E-state index < -0.39 is 5.97 Å². The highest BCUT2D eigenvalue weighted by molar-refractivity contribution is 9.10. The van der Waals surface area contributed by atoms with Gasteiger partial charge in [-0.05, 0) is 37.1 Å². The molecule has 1 aliphatic rings. The maximum atomic E-state index is 12.6. The maximum absolute atomic E-state index is 12.6. The van der Waals surface area contributed by atoms with E-state index in [0.29, 0.717) is 31.7 Å². The molecule has 2 rings (SSSR count). The van der Waals surface area contributed by atoms with Crippen LogP contribution >= 0.6 is 15.9 Å². The van der Waals surface area contributed by atoms with Crippen LogP contribution in [-0.4, -0.2) is 59.5 Å². The second kappa shape index (κ2) is 7.04. The zero-order valence-electron chi connectivity index (χ0n) is 12.0. The van der Waals surface area contributed by atoms with Crippen LogP contribution in [0.5, 0.6) is 0 Å². The molecule has 0 bridgehead atoms. The number of carboxylic acid groups (broad SMARTS) is 1. The topological polar surface area (TPSA) is 60.9 Å². The van der Waals surface area contributed by atoms with Gasteiger partial charge in [0.25, 0.3) is 5.91 Å². The third-order valence-electron chi connectivity index (χ3n) is 3.52. The third kappa shape index (κ3) is 4.54. The van der Waals surface area contributed by atoms with E-state index in [1.807, 2.05) is 34.9 Å². The number of carboxylic acids is 1. The van der Waals surface area contributed by atoms with Crippen molar-refractivity contribution in [3.05, 3.63) is 33.8 Å². The van der Waals surface area contributed by atoms with E-state index in [2.05, 4.69) is 15.9 Å². The number of hydrogen-bond donors (Lipinski definition) is 1. The van der Waals surface area contributed by atoms with Gasteiger partial charge in [-0.15, -0.1) is 0 Å². The van der Waals surface area contributed by atoms with Gasteiger partial charge in [0.15, 0.2) is 0 Å². The van der Waals surface area contributed by atoms with E-state index in [1.54, 1.807) is 0 Å². The molecule has 0 atom stereocenters. The Hall–Kier alpha value is -1.40.